The second-order valence-corrected chi connectivity index (χ2v) is 9.25. The number of thiol groups is 1. The fourth-order valence-corrected chi connectivity index (χ4v) is 3.16. The first-order valence-corrected chi connectivity index (χ1v) is 9.48. The molecule has 3 rings (SSSR count). The fraction of sp³-hybridized carbons (Fsp3) is 0.278. The zero-order valence-electron chi connectivity index (χ0n) is 14.6. The van der Waals surface area contributed by atoms with Crippen LogP contribution in [0.4, 0.5) is 0 Å². The van der Waals surface area contributed by atoms with Gasteiger partial charge in [-0.1, -0.05) is 50.5 Å². The van der Waals surface area contributed by atoms with Gasteiger partial charge in [0.1, 0.15) is 9.77 Å². The molecule has 0 spiro atoms. The van der Waals surface area contributed by atoms with Crippen LogP contribution in [0.3, 0.4) is 0 Å². The largest absolute Gasteiger partial charge is 0.226 e. The van der Waals surface area contributed by atoms with E-state index < -0.39 is 15.7 Å². The van der Waals surface area contributed by atoms with Gasteiger partial charge in [0.15, 0.2) is 16.6 Å². The molecule has 0 N–H and O–H groups in total. The van der Waals surface area contributed by atoms with Crippen LogP contribution in [0.25, 0.3) is 16.9 Å². The molecule has 0 bridgehead atoms. The lowest BCUT2D eigenvalue weighted by atomic mass is 10.0. The smallest absolute Gasteiger partial charge is 0.195 e. The van der Waals surface area contributed by atoms with Crippen LogP contribution < -0.4 is 0 Å². The Kier molecular flexibility index (Phi) is 4.75. The fourth-order valence-electron chi connectivity index (χ4n) is 2.30. The third-order valence-electron chi connectivity index (χ3n) is 3.70. The van der Waals surface area contributed by atoms with E-state index in [2.05, 4.69) is 14.5 Å². The van der Waals surface area contributed by atoms with E-state index in [0.717, 1.165) is 16.8 Å². The Labute approximate surface area is 154 Å². The lowest BCUT2D eigenvalue weighted by molar-refractivity contribution is 0.576. The van der Waals surface area contributed by atoms with Crippen LogP contribution in [0.1, 0.15) is 33.3 Å². The lowest BCUT2D eigenvalue weighted by Gasteiger charge is -2.11. The van der Waals surface area contributed by atoms with Gasteiger partial charge in [0.25, 0.3) is 0 Å². The van der Waals surface area contributed by atoms with Crippen LogP contribution in [0.5, 0.6) is 0 Å². The maximum atomic E-state index is 12.5. The monoisotopic (exact) mass is 375 g/mol. The number of hydrogen-bond donors (Lipinski definition) is 0. The molecule has 25 heavy (non-hydrogen) atoms. The highest BCUT2D eigenvalue weighted by Gasteiger charge is 2.26. The minimum Gasteiger partial charge on any atom is -0.226 e. The van der Waals surface area contributed by atoms with E-state index in [1.165, 1.54) is 0 Å². The Morgan fingerprint density at radius 1 is 1.24 bits per heavy atom. The highest BCUT2D eigenvalue weighted by atomic mass is 35.5. The SMILES string of the molecule is C/C(=N\[SH+](=O)C(C)(C)C)c1cn2ncc(Cl)c2nc1-c1ccccc1. The first-order valence-electron chi connectivity index (χ1n) is 7.89. The first kappa shape index (κ1) is 17.8. The van der Waals surface area contributed by atoms with Crippen LogP contribution in [0.2, 0.25) is 5.02 Å². The van der Waals surface area contributed by atoms with Gasteiger partial charge in [-0.2, -0.15) is 5.10 Å². The van der Waals surface area contributed by atoms with Crippen molar-refractivity contribution >= 4 is 33.9 Å². The van der Waals surface area contributed by atoms with Crippen LogP contribution in [-0.4, -0.2) is 25.1 Å². The van der Waals surface area contributed by atoms with E-state index in [-0.39, 0.29) is 0 Å². The third kappa shape index (κ3) is 3.65. The lowest BCUT2D eigenvalue weighted by Crippen LogP contribution is -2.20. The van der Waals surface area contributed by atoms with Crippen molar-refractivity contribution in [1.29, 1.82) is 0 Å². The Bertz CT molecular complexity index is 974. The van der Waals surface area contributed by atoms with Crippen LogP contribution in [-0.2, 0) is 15.2 Å². The van der Waals surface area contributed by atoms with Crippen molar-refractivity contribution in [3.05, 3.63) is 53.3 Å². The quantitative estimate of drug-likeness (QED) is 0.390. The topological polar surface area (TPSA) is 59.6 Å². The van der Waals surface area contributed by atoms with E-state index in [1.807, 2.05) is 64.2 Å². The summed E-state index contributed by atoms with van der Waals surface area (Å²) in [5.74, 6) is 0. The molecule has 7 heteroatoms. The molecule has 1 atom stereocenters. The average molecular weight is 376 g/mol. The molecular weight excluding hydrogens is 356 g/mol. The van der Waals surface area contributed by atoms with Crippen LogP contribution in [0.15, 0.2) is 47.1 Å². The standard InChI is InChI=1S/C18H19ClN4OS/c1-12(22-25(24)18(2,3)4)14-11-23-17(15(19)10-20-23)21-16(14)13-8-6-5-7-9-13/h5-11H,1-4H3/p+1/b22-12+. The second-order valence-electron chi connectivity index (χ2n) is 6.76. The van der Waals surface area contributed by atoms with E-state index in [9.17, 15) is 4.21 Å². The summed E-state index contributed by atoms with van der Waals surface area (Å²) in [7, 11) is -1.75. The number of rotatable bonds is 3. The summed E-state index contributed by atoms with van der Waals surface area (Å²) in [6, 6.07) is 9.80. The molecule has 0 amide bonds. The first-order chi connectivity index (χ1) is 11.8. The summed E-state index contributed by atoms with van der Waals surface area (Å²) in [4.78, 5) is 4.69. The molecule has 5 nitrogen and oxygen atoms in total. The van der Waals surface area contributed by atoms with Gasteiger partial charge in [-0.3, -0.25) is 0 Å². The number of aromatic nitrogens is 3. The van der Waals surface area contributed by atoms with E-state index in [4.69, 9.17) is 11.6 Å². The van der Waals surface area contributed by atoms with Crippen molar-refractivity contribution in [1.82, 2.24) is 14.6 Å². The minimum atomic E-state index is -1.75. The maximum absolute atomic E-state index is 12.5. The number of halogens is 1. The van der Waals surface area contributed by atoms with Crippen molar-refractivity contribution in [2.24, 2.45) is 4.40 Å². The highest BCUT2D eigenvalue weighted by molar-refractivity contribution is 7.85. The van der Waals surface area contributed by atoms with Gasteiger partial charge >= 0.3 is 0 Å². The maximum Gasteiger partial charge on any atom is 0.195 e. The van der Waals surface area contributed by atoms with Gasteiger partial charge in [-0.15, -0.1) is 0 Å². The zero-order chi connectivity index (χ0) is 18.2. The van der Waals surface area contributed by atoms with Crippen LogP contribution >= 0.6 is 11.6 Å². The van der Waals surface area contributed by atoms with E-state index in [1.54, 1.807) is 10.7 Å². The Balaban J connectivity index is 2.22. The predicted octanol–water partition coefficient (Wildman–Crippen LogP) is 4.27. The van der Waals surface area contributed by atoms with Crippen molar-refractivity contribution in [2.75, 3.05) is 0 Å². The van der Waals surface area contributed by atoms with Crippen molar-refractivity contribution in [2.45, 2.75) is 32.4 Å². The van der Waals surface area contributed by atoms with E-state index in [0.29, 0.717) is 16.4 Å². The summed E-state index contributed by atoms with van der Waals surface area (Å²) in [5.41, 5.74) is 3.71. The third-order valence-corrected chi connectivity index (χ3v) is 5.60. The van der Waals surface area contributed by atoms with Gasteiger partial charge < -0.3 is 0 Å². The molecule has 1 unspecified atom stereocenters. The Morgan fingerprint density at radius 3 is 2.56 bits per heavy atom. The summed E-state index contributed by atoms with van der Waals surface area (Å²) in [6.45, 7) is 7.58. The summed E-state index contributed by atoms with van der Waals surface area (Å²) < 4.78 is 18.1. The second kappa shape index (κ2) is 6.69. The van der Waals surface area contributed by atoms with Gasteiger partial charge in [-0.25, -0.2) is 9.50 Å². The van der Waals surface area contributed by atoms with Crippen molar-refractivity contribution < 1.29 is 4.21 Å². The molecule has 1 aromatic carbocycles. The molecule has 3 aromatic rings. The molecule has 0 saturated heterocycles. The molecule has 0 aliphatic rings. The van der Waals surface area contributed by atoms with Gasteiger partial charge in [-0.05, 0) is 27.7 Å². The summed E-state index contributed by atoms with van der Waals surface area (Å²) >= 11 is 6.19. The zero-order valence-corrected chi connectivity index (χ0v) is 16.2. The van der Waals surface area contributed by atoms with E-state index >= 15 is 0 Å². The van der Waals surface area contributed by atoms with Crippen LogP contribution in [0, 0.1) is 0 Å². The number of fused-ring (bicyclic) bond motifs is 1. The Hall–Kier alpha value is -2.05. The molecule has 2 heterocycles. The molecule has 0 aliphatic heterocycles. The minimum absolute atomic E-state index is 0.393. The number of hydrogen-bond acceptors (Lipinski definition) is 3. The number of benzene rings is 1. The normalized spacial score (nSPS) is 14.0. The molecule has 0 aliphatic carbocycles. The molecular formula is C18H20ClN4OS+. The average Bonchev–Trinajstić information content (AvgIpc) is 2.94. The van der Waals surface area contributed by atoms with Gasteiger partial charge in [0, 0.05) is 17.3 Å². The summed E-state index contributed by atoms with van der Waals surface area (Å²) in [5, 5.41) is 4.70. The highest BCUT2D eigenvalue weighted by Crippen LogP contribution is 2.26. The molecule has 0 radical (unpaired) electrons. The van der Waals surface area contributed by atoms with Gasteiger partial charge in [0.2, 0.25) is 0 Å². The molecule has 130 valence electrons. The Morgan fingerprint density at radius 2 is 1.92 bits per heavy atom. The predicted molar refractivity (Wildman–Crippen MR) is 105 cm³/mol. The summed E-state index contributed by atoms with van der Waals surface area (Å²) in [6.07, 6.45) is 3.39. The molecule has 0 fully saturated rings. The number of nitrogens with zero attached hydrogens (tertiary/aromatic N) is 4. The van der Waals surface area contributed by atoms with Crippen molar-refractivity contribution in [3.63, 3.8) is 0 Å². The van der Waals surface area contributed by atoms with Gasteiger partial charge in [0.05, 0.1) is 17.6 Å². The molecule has 0 saturated carbocycles. The molecule has 2 aromatic heterocycles. The van der Waals surface area contributed by atoms with Crippen molar-refractivity contribution in [3.8, 4) is 11.3 Å².